The molecule has 2 rings (SSSR count). The van der Waals surface area contributed by atoms with Gasteiger partial charge in [0.05, 0.1) is 0 Å². The van der Waals surface area contributed by atoms with E-state index in [1.54, 1.807) is 0 Å². The van der Waals surface area contributed by atoms with Crippen molar-refractivity contribution in [2.45, 2.75) is 33.4 Å². The van der Waals surface area contributed by atoms with Crippen LogP contribution in [0.4, 0.5) is 0 Å². The van der Waals surface area contributed by atoms with Gasteiger partial charge in [-0.3, -0.25) is 0 Å². The SMILES string of the molecule is CCn1ccc(CNCCc2cccc(C)c2)c1. The first kappa shape index (κ1) is 12.9. The first-order valence-corrected chi connectivity index (χ1v) is 6.69. The van der Waals surface area contributed by atoms with Gasteiger partial charge in [0.2, 0.25) is 0 Å². The molecule has 2 aromatic rings. The van der Waals surface area contributed by atoms with E-state index in [0.29, 0.717) is 0 Å². The summed E-state index contributed by atoms with van der Waals surface area (Å²) in [5.74, 6) is 0. The van der Waals surface area contributed by atoms with Gasteiger partial charge in [-0.05, 0) is 44.0 Å². The smallest absolute Gasteiger partial charge is 0.0220 e. The maximum absolute atomic E-state index is 3.49. The van der Waals surface area contributed by atoms with Crippen LogP contribution >= 0.6 is 0 Å². The molecule has 0 aliphatic heterocycles. The van der Waals surface area contributed by atoms with Crippen LogP contribution in [0.15, 0.2) is 42.7 Å². The van der Waals surface area contributed by atoms with Gasteiger partial charge in [-0.25, -0.2) is 0 Å². The van der Waals surface area contributed by atoms with E-state index in [1.807, 2.05) is 0 Å². The Morgan fingerprint density at radius 1 is 1.17 bits per heavy atom. The number of nitrogens with one attached hydrogen (secondary N) is 1. The molecule has 1 aromatic carbocycles. The van der Waals surface area contributed by atoms with Gasteiger partial charge in [0.1, 0.15) is 0 Å². The Bertz CT molecular complexity index is 485. The Balaban J connectivity index is 1.72. The molecule has 1 heterocycles. The lowest BCUT2D eigenvalue weighted by molar-refractivity contribution is 0.682. The summed E-state index contributed by atoms with van der Waals surface area (Å²) in [5.41, 5.74) is 4.11. The average Bonchev–Trinajstić information content (AvgIpc) is 2.83. The van der Waals surface area contributed by atoms with Crippen LogP contribution in [0.1, 0.15) is 23.6 Å². The molecule has 0 radical (unpaired) electrons. The number of rotatable bonds is 6. The summed E-state index contributed by atoms with van der Waals surface area (Å²) in [6.07, 6.45) is 5.44. The minimum atomic E-state index is 0.957. The molecule has 0 aliphatic carbocycles. The molecular formula is C16H22N2. The molecule has 0 atom stereocenters. The van der Waals surface area contributed by atoms with E-state index in [4.69, 9.17) is 0 Å². The van der Waals surface area contributed by atoms with Gasteiger partial charge in [-0.2, -0.15) is 0 Å². The summed E-state index contributed by atoms with van der Waals surface area (Å²) in [5, 5.41) is 3.49. The molecular weight excluding hydrogens is 220 g/mol. The molecule has 96 valence electrons. The summed E-state index contributed by atoms with van der Waals surface area (Å²) >= 11 is 0. The van der Waals surface area contributed by atoms with Crippen LogP contribution in [0.25, 0.3) is 0 Å². The second-order valence-electron chi connectivity index (χ2n) is 4.77. The predicted molar refractivity (Wildman–Crippen MR) is 76.7 cm³/mol. The fraction of sp³-hybridized carbons (Fsp3) is 0.375. The normalized spacial score (nSPS) is 10.8. The maximum Gasteiger partial charge on any atom is 0.0220 e. The highest BCUT2D eigenvalue weighted by Crippen LogP contribution is 2.04. The van der Waals surface area contributed by atoms with Crippen molar-refractivity contribution in [1.82, 2.24) is 9.88 Å². The number of aryl methyl sites for hydroxylation is 2. The van der Waals surface area contributed by atoms with E-state index < -0.39 is 0 Å². The highest BCUT2D eigenvalue weighted by Gasteiger charge is 1.96. The zero-order valence-corrected chi connectivity index (χ0v) is 11.3. The van der Waals surface area contributed by atoms with Crippen molar-refractivity contribution in [1.29, 1.82) is 0 Å². The van der Waals surface area contributed by atoms with Crippen molar-refractivity contribution in [3.8, 4) is 0 Å². The van der Waals surface area contributed by atoms with Gasteiger partial charge >= 0.3 is 0 Å². The van der Waals surface area contributed by atoms with Gasteiger partial charge in [0, 0.05) is 25.5 Å². The molecule has 0 spiro atoms. The van der Waals surface area contributed by atoms with Crippen molar-refractivity contribution in [2.24, 2.45) is 0 Å². The topological polar surface area (TPSA) is 17.0 Å². The summed E-state index contributed by atoms with van der Waals surface area (Å²) in [7, 11) is 0. The lowest BCUT2D eigenvalue weighted by atomic mass is 10.1. The van der Waals surface area contributed by atoms with Gasteiger partial charge < -0.3 is 9.88 Å². The average molecular weight is 242 g/mol. The third-order valence-electron chi connectivity index (χ3n) is 3.18. The number of hydrogen-bond acceptors (Lipinski definition) is 1. The molecule has 0 bridgehead atoms. The second kappa shape index (κ2) is 6.41. The van der Waals surface area contributed by atoms with Crippen molar-refractivity contribution < 1.29 is 0 Å². The standard InChI is InChI=1S/C16H22N2/c1-3-18-10-8-16(13-18)12-17-9-7-15-6-4-5-14(2)11-15/h4-6,8,10-11,13,17H,3,7,9,12H2,1-2H3. The monoisotopic (exact) mass is 242 g/mol. The first-order valence-electron chi connectivity index (χ1n) is 6.69. The number of aromatic nitrogens is 1. The largest absolute Gasteiger partial charge is 0.354 e. The van der Waals surface area contributed by atoms with E-state index in [2.05, 4.69) is 66.5 Å². The zero-order chi connectivity index (χ0) is 12.8. The van der Waals surface area contributed by atoms with Gasteiger partial charge in [0.15, 0.2) is 0 Å². The van der Waals surface area contributed by atoms with Crippen molar-refractivity contribution >= 4 is 0 Å². The Morgan fingerprint density at radius 3 is 2.78 bits per heavy atom. The summed E-state index contributed by atoms with van der Waals surface area (Å²) in [4.78, 5) is 0. The number of benzene rings is 1. The van der Waals surface area contributed by atoms with Crippen LogP contribution in [0, 0.1) is 6.92 Å². The van der Waals surface area contributed by atoms with Crippen molar-refractivity contribution in [2.75, 3.05) is 6.54 Å². The maximum atomic E-state index is 3.49. The minimum absolute atomic E-state index is 0.957. The molecule has 2 heteroatoms. The molecule has 1 N–H and O–H groups in total. The Hall–Kier alpha value is -1.54. The Morgan fingerprint density at radius 2 is 2.06 bits per heavy atom. The van der Waals surface area contributed by atoms with Gasteiger partial charge in [0.25, 0.3) is 0 Å². The Kier molecular flexibility index (Phi) is 4.59. The van der Waals surface area contributed by atoms with Gasteiger partial charge in [-0.15, -0.1) is 0 Å². The van der Waals surface area contributed by atoms with Crippen LogP contribution in [0.3, 0.4) is 0 Å². The minimum Gasteiger partial charge on any atom is -0.354 e. The van der Waals surface area contributed by atoms with E-state index in [9.17, 15) is 0 Å². The molecule has 18 heavy (non-hydrogen) atoms. The van der Waals surface area contributed by atoms with E-state index in [1.165, 1.54) is 16.7 Å². The predicted octanol–water partition coefficient (Wildman–Crippen LogP) is 3.15. The van der Waals surface area contributed by atoms with Crippen molar-refractivity contribution in [3.05, 3.63) is 59.4 Å². The van der Waals surface area contributed by atoms with Gasteiger partial charge in [-0.1, -0.05) is 29.8 Å². The lowest BCUT2D eigenvalue weighted by Crippen LogP contribution is -2.16. The van der Waals surface area contributed by atoms with Crippen LogP contribution in [-0.2, 0) is 19.5 Å². The van der Waals surface area contributed by atoms with E-state index >= 15 is 0 Å². The zero-order valence-electron chi connectivity index (χ0n) is 11.3. The number of hydrogen-bond donors (Lipinski definition) is 1. The Labute approximate surface area is 110 Å². The quantitative estimate of drug-likeness (QED) is 0.770. The second-order valence-corrected chi connectivity index (χ2v) is 4.77. The fourth-order valence-electron chi connectivity index (χ4n) is 2.12. The van der Waals surface area contributed by atoms with E-state index in [-0.39, 0.29) is 0 Å². The molecule has 0 unspecified atom stereocenters. The number of nitrogens with zero attached hydrogens (tertiary/aromatic N) is 1. The molecule has 2 nitrogen and oxygen atoms in total. The third kappa shape index (κ3) is 3.74. The van der Waals surface area contributed by atoms with E-state index in [0.717, 1.165) is 26.1 Å². The molecule has 0 fully saturated rings. The highest BCUT2D eigenvalue weighted by molar-refractivity contribution is 5.22. The lowest BCUT2D eigenvalue weighted by Gasteiger charge is -2.04. The molecule has 0 amide bonds. The summed E-state index contributed by atoms with van der Waals surface area (Å²) in [6, 6.07) is 10.9. The highest BCUT2D eigenvalue weighted by atomic mass is 14.9. The van der Waals surface area contributed by atoms with Crippen LogP contribution in [0.2, 0.25) is 0 Å². The van der Waals surface area contributed by atoms with Crippen molar-refractivity contribution in [3.63, 3.8) is 0 Å². The molecule has 0 aliphatic rings. The molecule has 0 saturated carbocycles. The third-order valence-corrected chi connectivity index (χ3v) is 3.18. The first-order chi connectivity index (χ1) is 8.78. The summed E-state index contributed by atoms with van der Waals surface area (Å²) < 4.78 is 2.21. The molecule has 0 saturated heterocycles. The molecule has 1 aromatic heterocycles. The fourth-order valence-corrected chi connectivity index (χ4v) is 2.12. The summed E-state index contributed by atoms with van der Waals surface area (Å²) in [6.45, 7) is 7.34. The van der Waals surface area contributed by atoms with Crippen LogP contribution in [-0.4, -0.2) is 11.1 Å². The van der Waals surface area contributed by atoms with Crippen LogP contribution < -0.4 is 5.32 Å². The van der Waals surface area contributed by atoms with Crippen LogP contribution in [0.5, 0.6) is 0 Å².